The van der Waals surface area contributed by atoms with Crippen molar-refractivity contribution in [1.82, 2.24) is 24.1 Å². The maximum atomic E-state index is 5.70. The fourth-order valence-electron chi connectivity index (χ4n) is 15.4. The predicted molar refractivity (Wildman–Crippen MR) is 347 cm³/mol. The smallest absolute Gasteiger partial charge is 0.238 e. The van der Waals surface area contributed by atoms with Crippen LogP contribution in [0.1, 0.15) is 22.6 Å². The molecular formula is C76H49N5Si2. The summed E-state index contributed by atoms with van der Waals surface area (Å²) in [6, 6.07) is 109. The maximum Gasteiger partial charge on any atom is 0.238 e. The van der Waals surface area contributed by atoms with Crippen LogP contribution in [0.15, 0.2) is 291 Å². The highest BCUT2D eigenvalue weighted by molar-refractivity contribution is 7.22. The highest BCUT2D eigenvalue weighted by Crippen LogP contribution is 2.49. The van der Waals surface area contributed by atoms with Gasteiger partial charge in [0.05, 0.1) is 22.1 Å². The Bertz CT molecular complexity index is 5150. The first-order valence-electron chi connectivity index (χ1n) is 28.7. The molecule has 12 aromatic carbocycles. The van der Waals surface area contributed by atoms with Gasteiger partial charge in [-0.15, -0.1) is 0 Å². The van der Waals surface area contributed by atoms with Crippen molar-refractivity contribution < 1.29 is 0 Å². The van der Waals surface area contributed by atoms with E-state index in [1.807, 2.05) is 0 Å². The first-order chi connectivity index (χ1) is 41.2. The molecule has 83 heavy (non-hydrogen) atoms. The number of hydrogen-bond donors (Lipinski definition) is 0. The molecule has 5 heterocycles. The molecule has 1 aliphatic carbocycles. The minimum Gasteiger partial charge on any atom is -0.309 e. The number of nitrogens with zero attached hydrogens (tertiary/aromatic N) is 5. The Labute approximate surface area is 481 Å². The van der Waals surface area contributed by atoms with E-state index in [2.05, 4.69) is 300 Å². The quantitative estimate of drug-likeness (QED) is 0.149. The normalized spacial score (nSPS) is 17.1. The molecule has 5 nitrogen and oxygen atoms in total. The molecule has 0 radical (unpaired) electrons. The van der Waals surface area contributed by atoms with Gasteiger partial charge in [-0.3, -0.25) is 4.57 Å². The lowest BCUT2D eigenvalue weighted by molar-refractivity contribution is 0.953. The Balaban J connectivity index is 0.899. The van der Waals surface area contributed by atoms with Crippen LogP contribution in [0, 0.1) is 0 Å². The molecule has 3 unspecified atom stereocenters. The van der Waals surface area contributed by atoms with Crippen molar-refractivity contribution in [2.45, 2.75) is 5.92 Å². The van der Waals surface area contributed by atoms with Crippen molar-refractivity contribution in [3.63, 3.8) is 0 Å². The summed E-state index contributed by atoms with van der Waals surface area (Å²) in [5.74, 6) is 1.97. The Morgan fingerprint density at radius 1 is 0.301 bits per heavy atom. The van der Waals surface area contributed by atoms with Crippen molar-refractivity contribution in [2.75, 3.05) is 0 Å². The topological polar surface area (TPSA) is 48.5 Å². The molecule has 3 aliphatic rings. The van der Waals surface area contributed by atoms with E-state index in [0.29, 0.717) is 17.6 Å². The minimum absolute atomic E-state index is 0.154. The van der Waals surface area contributed by atoms with E-state index in [9.17, 15) is 0 Å². The molecular weight excluding hydrogens is 1040 g/mol. The molecule has 0 N–H and O–H groups in total. The van der Waals surface area contributed by atoms with Gasteiger partial charge in [-0.2, -0.15) is 9.97 Å². The molecule has 3 atom stereocenters. The number of aromatic nitrogens is 5. The van der Waals surface area contributed by atoms with Gasteiger partial charge in [0.1, 0.15) is 0 Å². The van der Waals surface area contributed by atoms with Crippen LogP contribution in [0.3, 0.4) is 0 Å². The zero-order valence-electron chi connectivity index (χ0n) is 45.0. The lowest BCUT2D eigenvalue weighted by Crippen LogP contribution is -2.77. The molecule has 0 saturated heterocycles. The second-order valence-corrected chi connectivity index (χ2v) is 30.0. The van der Waals surface area contributed by atoms with Crippen LogP contribution < -0.4 is 41.5 Å². The Morgan fingerprint density at radius 2 is 0.747 bits per heavy atom. The SMILES string of the molecule is c1ccc([Si]2(c3cccc(-c4nc(-c5cccc([Si]6(c7ccccc7)c7ccccc7-n7c8ccccc8c8cccc6c87)c5)nc(-n5c6ccccc6c6ccccc65)n4)c3)c3ccccc3C3c4ccccc4-c4cccc2c43)cc1. The molecule has 15 aromatic rings. The van der Waals surface area contributed by atoms with E-state index in [4.69, 9.17) is 15.0 Å². The van der Waals surface area contributed by atoms with Gasteiger partial charge in [0.25, 0.3) is 0 Å². The second kappa shape index (κ2) is 17.6. The molecule has 3 aromatic heterocycles. The van der Waals surface area contributed by atoms with Gasteiger partial charge in [0, 0.05) is 44.3 Å². The van der Waals surface area contributed by atoms with Crippen LogP contribution in [0.5, 0.6) is 0 Å². The average Bonchev–Trinajstić information content (AvgIpc) is 1.91. The van der Waals surface area contributed by atoms with Crippen LogP contribution in [0.4, 0.5) is 0 Å². The maximum absolute atomic E-state index is 5.70. The van der Waals surface area contributed by atoms with E-state index in [1.54, 1.807) is 0 Å². The van der Waals surface area contributed by atoms with Gasteiger partial charge < -0.3 is 4.57 Å². The molecule has 18 rings (SSSR count). The third-order valence-corrected chi connectivity index (χ3v) is 28.3. The Morgan fingerprint density at radius 3 is 1.41 bits per heavy atom. The Kier molecular flexibility index (Phi) is 9.84. The van der Waals surface area contributed by atoms with Gasteiger partial charge in [0.15, 0.2) is 27.8 Å². The van der Waals surface area contributed by atoms with E-state index in [0.717, 1.165) is 32.9 Å². The second-order valence-electron chi connectivity index (χ2n) is 22.5. The summed E-state index contributed by atoms with van der Waals surface area (Å²) in [7, 11) is -6.15. The first-order valence-corrected chi connectivity index (χ1v) is 32.7. The number of hydrogen-bond acceptors (Lipinski definition) is 3. The lowest BCUT2D eigenvalue weighted by Gasteiger charge is -2.42. The third-order valence-electron chi connectivity index (χ3n) is 18.6. The van der Waals surface area contributed by atoms with Gasteiger partial charge in [-0.05, 0) is 93.6 Å². The molecule has 0 spiro atoms. The summed E-state index contributed by atoms with van der Waals surface area (Å²) >= 11 is 0. The lowest BCUT2D eigenvalue weighted by atomic mass is 9.89. The zero-order valence-corrected chi connectivity index (χ0v) is 47.0. The van der Waals surface area contributed by atoms with Gasteiger partial charge in [-0.25, -0.2) is 4.98 Å². The van der Waals surface area contributed by atoms with E-state index in [-0.39, 0.29) is 5.92 Å². The third kappa shape index (κ3) is 6.27. The van der Waals surface area contributed by atoms with Gasteiger partial charge in [-0.1, -0.05) is 267 Å². The van der Waals surface area contributed by atoms with E-state index in [1.165, 1.54) is 96.8 Å². The predicted octanol–water partition coefficient (Wildman–Crippen LogP) is 11.9. The highest BCUT2D eigenvalue weighted by Gasteiger charge is 2.52. The van der Waals surface area contributed by atoms with Crippen LogP contribution in [-0.2, 0) is 0 Å². The minimum atomic E-state index is -3.09. The molecule has 7 heteroatoms. The fraction of sp³-hybridized carbons (Fsp3) is 0.0132. The number of rotatable bonds is 7. The van der Waals surface area contributed by atoms with Crippen LogP contribution in [0.25, 0.3) is 89.2 Å². The summed E-state index contributed by atoms with van der Waals surface area (Å²) < 4.78 is 4.77. The van der Waals surface area contributed by atoms with Crippen molar-refractivity contribution in [3.05, 3.63) is 308 Å². The number of para-hydroxylation sites is 5. The van der Waals surface area contributed by atoms with Crippen LogP contribution >= 0.6 is 0 Å². The summed E-state index contributed by atoms with van der Waals surface area (Å²) in [5.41, 5.74) is 14.6. The van der Waals surface area contributed by atoms with Crippen molar-refractivity contribution in [2.24, 2.45) is 0 Å². The summed E-state index contributed by atoms with van der Waals surface area (Å²) in [6.07, 6.45) is 0. The molecule has 0 bridgehead atoms. The van der Waals surface area contributed by atoms with Crippen molar-refractivity contribution >= 4 is 101 Å². The van der Waals surface area contributed by atoms with Crippen molar-refractivity contribution in [1.29, 1.82) is 0 Å². The highest BCUT2D eigenvalue weighted by atomic mass is 28.3. The molecule has 0 amide bonds. The van der Waals surface area contributed by atoms with Crippen LogP contribution in [0.2, 0.25) is 0 Å². The molecule has 0 fully saturated rings. The average molecular weight is 1090 g/mol. The molecule has 0 saturated carbocycles. The molecule has 2 aliphatic heterocycles. The van der Waals surface area contributed by atoms with Crippen LogP contribution in [-0.4, -0.2) is 40.2 Å². The van der Waals surface area contributed by atoms with Gasteiger partial charge in [0.2, 0.25) is 5.95 Å². The largest absolute Gasteiger partial charge is 0.309 e. The molecule has 386 valence electrons. The first kappa shape index (κ1) is 46.4. The number of benzene rings is 12. The Hall–Kier alpha value is -10.3. The summed E-state index contributed by atoms with van der Waals surface area (Å²) in [4.78, 5) is 17.0. The fourth-order valence-corrected chi connectivity index (χ4v) is 25.9. The van der Waals surface area contributed by atoms with E-state index >= 15 is 0 Å². The van der Waals surface area contributed by atoms with Crippen molar-refractivity contribution in [3.8, 4) is 45.5 Å². The standard InChI is InChI=1S/C76H49N5Si2/c1-3-25-51(26-4-1)82(67-43-17-12-36-62(67)71-59-35-8-7-31-55(59)60-37-21-45-69(82)72(60)71)53-29-19-23-49(47-53)74-77-75(79-76(78-74)81-64-40-14-9-32-56(64)57-33-10-15-41-65(57)81)50-24-20-30-54(48-50)83(52-27-5-2-6-28-52)68-44-18-16-42-66(68)80-63-39-13-11-34-58(63)61-38-22-46-70(83)73(61)80/h1-48,71H. The summed E-state index contributed by atoms with van der Waals surface area (Å²) in [5, 5.41) is 15.6. The number of fused-ring (bicyclic) bond motifs is 13. The zero-order chi connectivity index (χ0) is 54.4. The van der Waals surface area contributed by atoms with Gasteiger partial charge >= 0.3 is 0 Å². The summed E-state index contributed by atoms with van der Waals surface area (Å²) in [6.45, 7) is 0. The van der Waals surface area contributed by atoms with E-state index < -0.39 is 16.1 Å². The monoisotopic (exact) mass is 1090 g/mol.